The number of hydrogen-bond donors (Lipinski definition) is 0. The lowest BCUT2D eigenvalue weighted by Gasteiger charge is -2.13. The quantitative estimate of drug-likeness (QED) is 0.542. The zero-order valence-corrected chi connectivity index (χ0v) is 7.20. The second-order valence-electron chi connectivity index (χ2n) is 3.09. The fourth-order valence-corrected chi connectivity index (χ4v) is 1.15. The molecule has 0 heterocycles. The second-order valence-corrected chi connectivity index (χ2v) is 3.09. The Bertz CT molecular complexity index is 51.1. The molecule has 0 aliphatic rings. The molecule has 0 aromatic heterocycles. The van der Waals surface area contributed by atoms with Crippen molar-refractivity contribution in [2.75, 3.05) is 0 Å². The summed E-state index contributed by atoms with van der Waals surface area (Å²) in [4.78, 5) is 0. The summed E-state index contributed by atoms with van der Waals surface area (Å²) >= 11 is 0. The van der Waals surface area contributed by atoms with E-state index in [4.69, 9.17) is 0 Å². The van der Waals surface area contributed by atoms with Crippen LogP contribution < -0.4 is 0 Å². The maximum absolute atomic E-state index is 2.27. The second kappa shape index (κ2) is 4.84. The minimum Gasteiger partial charge on any atom is -0.0651 e. The van der Waals surface area contributed by atoms with Crippen molar-refractivity contribution >= 4 is 0 Å². The molecule has 0 heteroatoms. The van der Waals surface area contributed by atoms with Crippen LogP contribution in [0.15, 0.2) is 0 Å². The molecule has 9 heavy (non-hydrogen) atoms. The number of rotatable bonds is 4. The first-order chi connectivity index (χ1) is 4.20. The maximum Gasteiger partial charge on any atom is -0.0300 e. The molecule has 0 spiro atoms. The van der Waals surface area contributed by atoms with Crippen LogP contribution >= 0.6 is 0 Å². The summed E-state index contributed by atoms with van der Waals surface area (Å²) in [5.74, 6) is 2.51. The number of hydrogen-bond acceptors (Lipinski definition) is 0. The van der Waals surface area contributed by atoms with Crippen LogP contribution in [-0.2, 0) is 0 Å². The normalized spacial score (nSPS) is 11.3. The summed E-state index contributed by atoms with van der Waals surface area (Å²) < 4.78 is 0. The highest BCUT2D eigenvalue weighted by Gasteiger charge is 2.04. The van der Waals surface area contributed by atoms with Crippen molar-refractivity contribution in [1.29, 1.82) is 0 Å². The molecular weight excluding hydrogens is 108 g/mol. The highest BCUT2D eigenvalue weighted by molar-refractivity contribution is 4.79. The Morgan fingerprint density at radius 2 is 1.56 bits per heavy atom. The van der Waals surface area contributed by atoms with E-state index in [1.54, 1.807) is 5.92 Å². The zero-order valence-electron chi connectivity index (χ0n) is 7.20. The van der Waals surface area contributed by atoms with E-state index < -0.39 is 0 Å². The molecule has 55 valence electrons. The highest BCUT2D eigenvalue weighted by atomic mass is 14.1. The Morgan fingerprint density at radius 3 is 1.67 bits per heavy atom. The minimum atomic E-state index is 0.940. The Morgan fingerprint density at radius 1 is 1.11 bits per heavy atom. The van der Waals surface area contributed by atoms with Crippen molar-refractivity contribution in [1.82, 2.24) is 0 Å². The van der Waals surface area contributed by atoms with E-state index in [0.29, 0.717) is 0 Å². The third-order valence-electron chi connectivity index (χ3n) is 1.85. The molecule has 0 bridgehead atoms. The molecule has 1 radical (unpaired) electrons. The van der Waals surface area contributed by atoms with Crippen molar-refractivity contribution in [2.24, 2.45) is 5.92 Å². The standard InChI is InChI=1S/C9H19/c1-5-9(6-2)7-8(3)4/h9H,5-7H2,1-4H3. The SMILES string of the molecule is CCC(CC)C[C](C)C. The van der Waals surface area contributed by atoms with Gasteiger partial charge < -0.3 is 0 Å². The smallest absolute Gasteiger partial charge is 0.0300 e. The average Bonchev–Trinajstić information content (AvgIpc) is 1.82. The van der Waals surface area contributed by atoms with Gasteiger partial charge in [-0.1, -0.05) is 40.5 Å². The summed E-state index contributed by atoms with van der Waals surface area (Å²) in [5.41, 5.74) is 0. The molecule has 0 aromatic carbocycles. The Labute approximate surface area is 59.7 Å². The van der Waals surface area contributed by atoms with Gasteiger partial charge in [-0.3, -0.25) is 0 Å². The fourth-order valence-electron chi connectivity index (χ4n) is 1.15. The van der Waals surface area contributed by atoms with Gasteiger partial charge in [-0.05, 0) is 18.3 Å². The van der Waals surface area contributed by atoms with Gasteiger partial charge in [-0.15, -0.1) is 0 Å². The lowest BCUT2D eigenvalue weighted by Crippen LogP contribution is -1.99. The van der Waals surface area contributed by atoms with Gasteiger partial charge in [0.05, 0.1) is 0 Å². The predicted octanol–water partition coefficient (Wildman–Crippen LogP) is 3.43. The van der Waals surface area contributed by atoms with Crippen LogP contribution in [0.2, 0.25) is 0 Å². The summed E-state index contributed by atoms with van der Waals surface area (Å²) in [6.45, 7) is 8.99. The first-order valence-corrected chi connectivity index (χ1v) is 3.99. The maximum atomic E-state index is 2.27. The molecule has 0 atom stereocenters. The molecule has 0 amide bonds. The Kier molecular flexibility index (Phi) is 4.84. The van der Waals surface area contributed by atoms with Crippen LogP contribution in [-0.4, -0.2) is 0 Å². The van der Waals surface area contributed by atoms with Gasteiger partial charge in [0, 0.05) is 0 Å². The van der Waals surface area contributed by atoms with Gasteiger partial charge in [0.15, 0.2) is 0 Å². The summed E-state index contributed by atoms with van der Waals surface area (Å²) in [6, 6.07) is 0. The van der Waals surface area contributed by atoms with E-state index in [2.05, 4.69) is 27.7 Å². The molecule has 0 unspecified atom stereocenters. The van der Waals surface area contributed by atoms with Crippen molar-refractivity contribution < 1.29 is 0 Å². The van der Waals surface area contributed by atoms with Gasteiger partial charge >= 0.3 is 0 Å². The molecule has 0 aliphatic heterocycles. The van der Waals surface area contributed by atoms with Crippen molar-refractivity contribution in [3.8, 4) is 0 Å². The van der Waals surface area contributed by atoms with Crippen LogP contribution in [0.4, 0.5) is 0 Å². The molecule has 0 nitrogen and oxygen atoms in total. The molecule has 0 fully saturated rings. The van der Waals surface area contributed by atoms with Gasteiger partial charge in [0.2, 0.25) is 0 Å². The first kappa shape index (κ1) is 9.00. The van der Waals surface area contributed by atoms with E-state index in [1.807, 2.05) is 0 Å². The zero-order chi connectivity index (χ0) is 7.28. The first-order valence-electron chi connectivity index (χ1n) is 3.99. The average molecular weight is 127 g/mol. The summed E-state index contributed by atoms with van der Waals surface area (Å²) in [5, 5.41) is 0. The molecular formula is C9H19. The monoisotopic (exact) mass is 127 g/mol. The van der Waals surface area contributed by atoms with Gasteiger partial charge in [0.1, 0.15) is 0 Å². The van der Waals surface area contributed by atoms with Crippen LogP contribution in [0.1, 0.15) is 47.0 Å². The summed E-state index contributed by atoms with van der Waals surface area (Å²) in [6.07, 6.45) is 4.00. The third kappa shape index (κ3) is 4.50. The molecule has 0 rings (SSSR count). The van der Waals surface area contributed by atoms with Gasteiger partial charge in [-0.2, -0.15) is 0 Å². The van der Waals surface area contributed by atoms with Gasteiger partial charge in [-0.25, -0.2) is 0 Å². The van der Waals surface area contributed by atoms with Crippen LogP contribution in [0.3, 0.4) is 0 Å². The van der Waals surface area contributed by atoms with E-state index in [0.717, 1.165) is 5.92 Å². The van der Waals surface area contributed by atoms with Crippen molar-refractivity contribution in [2.45, 2.75) is 47.0 Å². The Balaban J connectivity index is 3.31. The fraction of sp³-hybridized carbons (Fsp3) is 0.889. The largest absolute Gasteiger partial charge is 0.0651 e. The van der Waals surface area contributed by atoms with E-state index in [-0.39, 0.29) is 0 Å². The molecule has 0 aliphatic carbocycles. The summed E-state index contributed by atoms with van der Waals surface area (Å²) in [7, 11) is 0. The Hall–Kier alpha value is 0. The molecule has 0 saturated heterocycles. The van der Waals surface area contributed by atoms with Crippen LogP contribution in [0, 0.1) is 11.8 Å². The highest BCUT2D eigenvalue weighted by Crippen LogP contribution is 2.18. The predicted molar refractivity (Wildman–Crippen MR) is 43.3 cm³/mol. The van der Waals surface area contributed by atoms with Crippen LogP contribution in [0.25, 0.3) is 0 Å². The van der Waals surface area contributed by atoms with E-state index in [9.17, 15) is 0 Å². The van der Waals surface area contributed by atoms with Crippen molar-refractivity contribution in [3.05, 3.63) is 5.92 Å². The van der Waals surface area contributed by atoms with Gasteiger partial charge in [0.25, 0.3) is 0 Å². The molecule has 0 N–H and O–H groups in total. The lowest BCUT2D eigenvalue weighted by molar-refractivity contribution is 0.466. The minimum absolute atomic E-state index is 0.940. The topological polar surface area (TPSA) is 0 Å². The third-order valence-corrected chi connectivity index (χ3v) is 1.85. The molecule has 0 aromatic rings. The van der Waals surface area contributed by atoms with E-state index >= 15 is 0 Å². The van der Waals surface area contributed by atoms with E-state index in [1.165, 1.54) is 19.3 Å². The lowest BCUT2D eigenvalue weighted by atomic mass is 9.93. The van der Waals surface area contributed by atoms with Crippen LogP contribution in [0.5, 0.6) is 0 Å². The molecule has 0 saturated carbocycles. The van der Waals surface area contributed by atoms with Crippen molar-refractivity contribution in [3.63, 3.8) is 0 Å².